The molecule has 0 aliphatic carbocycles. The Labute approximate surface area is 166 Å². The minimum atomic E-state index is -1.08. The monoisotopic (exact) mass is 404 g/mol. The van der Waals surface area contributed by atoms with Gasteiger partial charge in [-0.2, -0.15) is 5.10 Å². The zero-order valence-corrected chi connectivity index (χ0v) is 16.9. The van der Waals surface area contributed by atoms with Crippen molar-refractivity contribution >= 4 is 17.5 Å². The van der Waals surface area contributed by atoms with Crippen molar-refractivity contribution in [1.82, 2.24) is 14.8 Å². The lowest BCUT2D eigenvalue weighted by Gasteiger charge is -2.19. The number of halogens is 1. The maximum atomic E-state index is 15.5. The van der Waals surface area contributed by atoms with Crippen molar-refractivity contribution in [1.29, 1.82) is 0 Å². The van der Waals surface area contributed by atoms with Crippen molar-refractivity contribution in [2.24, 2.45) is 0 Å². The van der Waals surface area contributed by atoms with Crippen LogP contribution in [0.5, 0.6) is 5.75 Å². The lowest BCUT2D eigenvalue weighted by atomic mass is 9.85. The predicted molar refractivity (Wildman–Crippen MR) is 102 cm³/mol. The number of benzene rings is 1. The molecule has 1 aromatic carbocycles. The summed E-state index contributed by atoms with van der Waals surface area (Å²) in [7, 11) is 5.40. The molecule has 2 amide bonds. The molecule has 154 valence electrons. The third-order valence-electron chi connectivity index (χ3n) is 5.04. The number of hydroxylamine groups is 2. The molecule has 0 unspecified atom stereocenters. The van der Waals surface area contributed by atoms with Gasteiger partial charge >= 0.3 is 5.91 Å². The maximum absolute atomic E-state index is 15.5. The molecule has 0 saturated carbocycles. The van der Waals surface area contributed by atoms with Crippen LogP contribution in [0.1, 0.15) is 29.9 Å². The van der Waals surface area contributed by atoms with Gasteiger partial charge in [-0.3, -0.25) is 19.2 Å². The van der Waals surface area contributed by atoms with Crippen LogP contribution in [0, 0.1) is 5.82 Å². The fourth-order valence-electron chi connectivity index (χ4n) is 3.35. The zero-order valence-electron chi connectivity index (χ0n) is 16.9. The van der Waals surface area contributed by atoms with Crippen molar-refractivity contribution in [3.63, 3.8) is 0 Å². The van der Waals surface area contributed by atoms with Gasteiger partial charge < -0.3 is 9.64 Å². The maximum Gasteiger partial charge on any atom is 0.301 e. The van der Waals surface area contributed by atoms with Gasteiger partial charge in [-0.15, -0.1) is 0 Å². The molecule has 2 heterocycles. The van der Waals surface area contributed by atoms with E-state index in [1.807, 2.05) is 0 Å². The van der Waals surface area contributed by atoms with E-state index in [1.54, 1.807) is 27.0 Å². The number of rotatable bonds is 4. The fraction of sp³-hybridized carbons (Fsp3) is 0.368. The number of carbonyl (C=O) groups excluding carboxylic acids is 2. The summed E-state index contributed by atoms with van der Waals surface area (Å²) in [5.41, 5.74) is -1.71. The molecule has 1 aliphatic rings. The number of aromatic nitrogens is 2. The van der Waals surface area contributed by atoms with E-state index in [4.69, 9.17) is 9.57 Å². The van der Waals surface area contributed by atoms with E-state index in [-0.39, 0.29) is 22.9 Å². The van der Waals surface area contributed by atoms with Crippen LogP contribution in [0.4, 0.5) is 10.1 Å². The Bertz CT molecular complexity index is 1080. The second-order valence-corrected chi connectivity index (χ2v) is 7.09. The van der Waals surface area contributed by atoms with Crippen LogP contribution in [0.2, 0.25) is 0 Å². The number of methoxy groups -OCH3 is 1. The fourth-order valence-corrected chi connectivity index (χ4v) is 3.35. The molecule has 0 fully saturated rings. The molecule has 0 radical (unpaired) electrons. The minimum Gasteiger partial charge on any atom is -0.491 e. The van der Waals surface area contributed by atoms with E-state index < -0.39 is 28.3 Å². The molecule has 3 rings (SSSR count). The first-order valence-electron chi connectivity index (χ1n) is 8.67. The number of amides is 2. The Morgan fingerprint density at radius 3 is 2.41 bits per heavy atom. The Morgan fingerprint density at radius 2 is 1.83 bits per heavy atom. The van der Waals surface area contributed by atoms with Crippen LogP contribution in [-0.2, 0) is 15.0 Å². The number of fused-ring (bicyclic) bond motifs is 1. The van der Waals surface area contributed by atoms with Gasteiger partial charge in [0.25, 0.3) is 5.43 Å². The lowest BCUT2D eigenvalue weighted by molar-refractivity contribution is -0.121. The molecular weight excluding hydrogens is 383 g/mol. The molecule has 29 heavy (non-hydrogen) atoms. The third kappa shape index (κ3) is 2.96. The number of hydrogen-bond donors (Lipinski definition) is 0. The van der Waals surface area contributed by atoms with Gasteiger partial charge in [0.05, 0.1) is 31.5 Å². The Kier molecular flexibility index (Phi) is 4.91. The van der Waals surface area contributed by atoms with Gasteiger partial charge in [-0.05, 0) is 26.0 Å². The molecule has 0 N–H and O–H groups in total. The topological polar surface area (TPSA) is 94.0 Å². The summed E-state index contributed by atoms with van der Waals surface area (Å²) in [6.07, 6.45) is 1.18. The van der Waals surface area contributed by atoms with Crippen molar-refractivity contribution in [2.45, 2.75) is 19.3 Å². The molecular formula is C19H21FN4O5. The normalized spacial score (nSPS) is 14.7. The number of anilines is 1. The number of carbonyl (C=O) groups is 2. The predicted octanol–water partition coefficient (Wildman–Crippen LogP) is 1.27. The summed E-state index contributed by atoms with van der Waals surface area (Å²) in [4.78, 5) is 43.6. The SMILES string of the molecule is COc1cn(-c2ccc3c(c2F)C(C)(C)C(=O)N3C)nc(C(=O)N(C)OC)c1=O. The van der Waals surface area contributed by atoms with E-state index in [1.165, 1.54) is 38.4 Å². The van der Waals surface area contributed by atoms with Gasteiger partial charge in [0.1, 0.15) is 5.69 Å². The van der Waals surface area contributed by atoms with Crippen LogP contribution in [0.25, 0.3) is 5.69 Å². The van der Waals surface area contributed by atoms with Gasteiger partial charge in [0.2, 0.25) is 11.6 Å². The molecule has 0 saturated heterocycles. The number of nitrogens with zero attached hydrogens (tertiary/aromatic N) is 4. The molecule has 0 spiro atoms. The first kappa shape index (κ1) is 20.5. The summed E-state index contributed by atoms with van der Waals surface area (Å²) in [5, 5.41) is 4.83. The van der Waals surface area contributed by atoms with E-state index in [9.17, 15) is 14.4 Å². The average molecular weight is 404 g/mol. The van der Waals surface area contributed by atoms with Crippen LogP contribution >= 0.6 is 0 Å². The zero-order chi connectivity index (χ0) is 21.7. The van der Waals surface area contributed by atoms with Crippen molar-refractivity contribution in [3.8, 4) is 11.4 Å². The van der Waals surface area contributed by atoms with E-state index >= 15 is 4.39 Å². The van der Waals surface area contributed by atoms with Crippen LogP contribution in [0.15, 0.2) is 23.1 Å². The standard InChI is InChI=1S/C19H21FN4O5/c1-19(2)13-10(22(3)18(19)27)7-8-11(14(13)20)24-9-12(28-5)16(25)15(21-24)17(26)23(4)29-6/h7-9H,1-6H3. The van der Waals surface area contributed by atoms with E-state index in [0.29, 0.717) is 5.69 Å². The Hall–Kier alpha value is -3.27. The van der Waals surface area contributed by atoms with Crippen molar-refractivity contribution in [3.05, 3.63) is 45.6 Å². The van der Waals surface area contributed by atoms with Crippen molar-refractivity contribution in [2.75, 3.05) is 33.2 Å². The second-order valence-electron chi connectivity index (χ2n) is 7.09. The second kappa shape index (κ2) is 6.96. The Balaban J connectivity index is 2.26. The largest absolute Gasteiger partial charge is 0.491 e. The first-order valence-corrected chi connectivity index (χ1v) is 8.67. The smallest absolute Gasteiger partial charge is 0.301 e. The summed E-state index contributed by atoms with van der Waals surface area (Å²) in [5.74, 6) is -1.93. The number of hydrogen-bond acceptors (Lipinski definition) is 6. The quantitative estimate of drug-likeness (QED) is 0.713. The summed E-state index contributed by atoms with van der Waals surface area (Å²) in [6.45, 7) is 3.26. The number of likely N-dealkylation sites (N-methyl/N-ethyl adjacent to an activating group) is 1. The molecule has 9 nitrogen and oxygen atoms in total. The molecule has 1 aliphatic heterocycles. The highest BCUT2D eigenvalue weighted by Gasteiger charge is 2.45. The Morgan fingerprint density at radius 1 is 1.21 bits per heavy atom. The molecule has 0 atom stereocenters. The van der Waals surface area contributed by atoms with Gasteiger partial charge in [0.15, 0.2) is 11.6 Å². The first-order chi connectivity index (χ1) is 13.6. The molecule has 2 aromatic rings. The summed E-state index contributed by atoms with van der Waals surface area (Å²) < 4.78 is 21.6. The average Bonchev–Trinajstić information content (AvgIpc) is 2.88. The van der Waals surface area contributed by atoms with Crippen LogP contribution < -0.4 is 15.1 Å². The number of ether oxygens (including phenoxy) is 1. The lowest BCUT2D eigenvalue weighted by Crippen LogP contribution is -2.34. The van der Waals surface area contributed by atoms with Gasteiger partial charge in [-0.1, -0.05) is 0 Å². The summed E-state index contributed by atoms with van der Waals surface area (Å²) >= 11 is 0. The van der Waals surface area contributed by atoms with E-state index in [2.05, 4.69) is 5.10 Å². The van der Waals surface area contributed by atoms with Crippen LogP contribution in [-0.4, -0.2) is 55.0 Å². The van der Waals surface area contributed by atoms with Gasteiger partial charge in [0, 0.05) is 19.7 Å². The molecule has 1 aromatic heterocycles. The highest BCUT2D eigenvalue weighted by Crippen LogP contribution is 2.43. The van der Waals surface area contributed by atoms with Gasteiger partial charge in [-0.25, -0.2) is 14.1 Å². The van der Waals surface area contributed by atoms with Crippen molar-refractivity contribution < 1.29 is 23.6 Å². The minimum absolute atomic E-state index is 0.0349. The highest BCUT2D eigenvalue weighted by molar-refractivity contribution is 6.07. The van der Waals surface area contributed by atoms with E-state index in [0.717, 1.165) is 9.75 Å². The highest BCUT2D eigenvalue weighted by atomic mass is 19.1. The van der Waals surface area contributed by atoms with Crippen LogP contribution in [0.3, 0.4) is 0 Å². The molecule has 0 bridgehead atoms. The summed E-state index contributed by atoms with van der Waals surface area (Å²) in [6, 6.07) is 3.01. The third-order valence-corrected chi connectivity index (χ3v) is 5.04. The molecule has 10 heteroatoms.